The fraction of sp³-hybridized carbons (Fsp3) is 0.276. The molecule has 2 atom stereocenters. The minimum atomic E-state index is -0.824. The second kappa shape index (κ2) is 12.0. The molecule has 2 aromatic carbocycles. The van der Waals surface area contributed by atoms with E-state index in [9.17, 15) is 9.59 Å². The molecular formula is C29H28ClN7O5. The molecule has 0 saturated carbocycles. The Morgan fingerprint density at radius 3 is 2.67 bits per heavy atom. The van der Waals surface area contributed by atoms with Gasteiger partial charge >= 0.3 is 0 Å². The number of anilines is 1. The summed E-state index contributed by atoms with van der Waals surface area (Å²) in [5, 5.41) is 3.22. The van der Waals surface area contributed by atoms with Gasteiger partial charge < -0.3 is 29.3 Å². The van der Waals surface area contributed by atoms with E-state index < -0.39 is 6.04 Å². The molecule has 13 heteroatoms. The second-order valence-corrected chi connectivity index (χ2v) is 10.1. The molecule has 4 aromatic rings. The van der Waals surface area contributed by atoms with Crippen LogP contribution >= 0.6 is 11.6 Å². The molecule has 216 valence electrons. The molecule has 2 aliphatic heterocycles. The van der Waals surface area contributed by atoms with Crippen molar-refractivity contribution in [2.24, 2.45) is 0 Å². The average Bonchev–Trinajstić information content (AvgIpc) is 3.58. The van der Waals surface area contributed by atoms with Gasteiger partial charge in [-0.2, -0.15) is 4.98 Å². The first-order valence-corrected chi connectivity index (χ1v) is 13.8. The summed E-state index contributed by atoms with van der Waals surface area (Å²) >= 11 is 6.35. The summed E-state index contributed by atoms with van der Waals surface area (Å²) in [6.45, 7) is 1.40. The lowest BCUT2D eigenvalue weighted by Gasteiger charge is -2.41. The molecule has 12 nitrogen and oxygen atoms in total. The molecule has 0 spiro atoms. The first-order chi connectivity index (χ1) is 20.5. The van der Waals surface area contributed by atoms with Crippen LogP contribution in [0.15, 0.2) is 73.3 Å². The SMILES string of the molecule is COc1ccc(C(=O)N2CCN(c3cc(Cl)nc(-n4ccnc4)n3)CC2C(=O)NCC2COc3ccccc3O2)cc1. The Labute approximate surface area is 246 Å². The highest BCUT2D eigenvalue weighted by Crippen LogP contribution is 2.31. The van der Waals surface area contributed by atoms with Crippen LogP contribution in [0.1, 0.15) is 10.4 Å². The van der Waals surface area contributed by atoms with Crippen LogP contribution in [0.5, 0.6) is 17.2 Å². The minimum absolute atomic E-state index is 0.190. The number of hydrogen-bond donors (Lipinski definition) is 1. The number of fused-ring (bicyclic) bond motifs is 1. The summed E-state index contributed by atoms with van der Waals surface area (Å²) in [6.07, 6.45) is 4.53. The standard InChI is InChI=1S/C29H28ClN7O5/c1-40-20-8-6-19(7-9-20)28(39)37-13-12-35(26-14-25(30)33-29(34-26)36-11-10-31-18-36)16-22(37)27(38)32-15-21-17-41-23-4-2-3-5-24(23)42-21/h2-11,14,18,21-22H,12-13,15-17H2,1H3,(H,32,38). The number of imidazole rings is 1. The number of nitrogens with one attached hydrogen (secondary N) is 1. The zero-order valence-electron chi connectivity index (χ0n) is 22.7. The van der Waals surface area contributed by atoms with Gasteiger partial charge in [0.15, 0.2) is 11.5 Å². The Balaban J connectivity index is 1.22. The zero-order valence-corrected chi connectivity index (χ0v) is 23.5. The van der Waals surface area contributed by atoms with Gasteiger partial charge in [0.25, 0.3) is 5.91 Å². The van der Waals surface area contributed by atoms with Gasteiger partial charge in [0.1, 0.15) is 41.8 Å². The number of piperazine rings is 1. The van der Waals surface area contributed by atoms with Gasteiger partial charge in [0, 0.05) is 43.7 Å². The van der Waals surface area contributed by atoms with Crippen LogP contribution in [-0.4, -0.2) is 88.3 Å². The van der Waals surface area contributed by atoms with E-state index in [0.717, 1.165) is 0 Å². The number of carbonyl (C=O) groups excluding carboxylic acids is 2. The van der Waals surface area contributed by atoms with Gasteiger partial charge in [-0.3, -0.25) is 14.2 Å². The van der Waals surface area contributed by atoms with Crippen molar-refractivity contribution in [3.05, 3.63) is 84.0 Å². The minimum Gasteiger partial charge on any atom is -0.497 e. The van der Waals surface area contributed by atoms with Crippen molar-refractivity contribution >= 4 is 29.2 Å². The van der Waals surface area contributed by atoms with Crippen molar-refractivity contribution in [2.75, 3.05) is 44.8 Å². The van der Waals surface area contributed by atoms with Crippen molar-refractivity contribution in [3.63, 3.8) is 0 Å². The lowest BCUT2D eigenvalue weighted by atomic mass is 10.1. The van der Waals surface area contributed by atoms with E-state index in [1.54, 1.807) is 65.6 Å². The number of rotatable bonds is 7. The number of amides is 2. The normalized spacial score (nSPS) is 18.0. The number of para-hydroxylation sites is 2. The van der Waals surface area contributed by atoms with Crippen LogP contribution in [0.25, 0.3) is 5.95 Å². The molecule has 2 aromatic heterocycles. The zero-order chi connectivity index (χ0) is 29.1. The Bertz CT molecular complexity index is 1570. The maximum atomic E-state index is 13.7. The summed E-state index contributed by atoms with van der Waals surface area (Å²) in [7, 11) is 1.56. The van der Waals surface area contributed by atoms with Gasteiger partial charge in [0.05, 0.1) is 13.7 Å². The summed E-state index contributed by atoms with van der Waals surface area (Å²) in [5.41, 5.74) is 0.454. The maximum absolute atomic E-state index is 13.7. The number of halogens is 1. The number of ether oxygens (including phenoxy) is 3. The molecule has 0 bridgehead atoms. The van der Waals surface area contributed by atoms with Crippen LogP contribution in [0.4, 0.5) is 5.82 Å². The second-order valence-electron chi connectivity index (χ2n) is 9.75. The van der Waals surface area contributed by atoms with Crippen LogP contribution < -0.4 is 24.4 Å². The third kappa shape index (κ3) is 5.79. The smallest absolute Gasteiger partial charge is 0.254 e. The predicted molar refractivity (Wildman–Crippen MR) is 154 cm³/mol. The van der Waals surface area contributed by atoms with Gasteiger partial charge in [-0.15, -0.1) is 0 Å². The summed E-state index contributed by atoms with van der Waals surface area (Å²) in [6, 6.07) is 15.0. The highest BCUT2D eigenvalue weighted by Gasteiger charge is 2.37. The van der Waals surface area contributed by atoms with E-state index >= 15 is 0 Å². The number of benzene rings is 2. The molecule has 2 unspecified atom stereocenters. The Morgan fingerprint density at radius 2 is 1.90 bits per heavy atom. The van der Waals surface area contributed by atoms with E-state index in [4.69, 9.17) is 25.8 Å². The van der Waals surface area contributed by atoms with Crippen molar-refractivity contribution in [2.45, 2.75) is 12.1 Å². The molecule has 1 fully saturated rings. The average molecular weight is 590 g/mol. The van der Waals surface area contributed by atoms with Crippen molar-refractivity contribution in [1.82, 2.24) is 29.7 Å². The topological polar surface area (TPSA) is 124 Å². The highest BCUT2D eigenvalue weighted by molar-refractivity contribution is 6.29. The van der Waals surface area contributed by atoms with E-state index in [1.807, 2.05) is 29.2 Å². The molecule has 2 amide bonds. The molecular weight excluding hydrogens is 562 g/mol. The summed E-state index contributed by atoms with van der Waals surface area (Å²) in [4.78, 5) is 43.9. The van der Waals surface area contributed by atoms with Crippen LogP contribution in [0, 0.1) is 0 Å². The Morgan fingerprint density at radius 1 is 1.10 bits per heavy atom. The fourth-order valence-electron chi connectivity index (χ4n) is 4.90. The monoisotopic (exact) mass is 589 g/mol. The van der Waals surface area contributed by atoms with Crippen LogP contribution in [-0.2, 0) is 4.79 Å². The third-order valence-corrected chi connectivity index (χ3v) is 7.27. The Kier molecular flexibility index (Phi) is 7.78. The summed E-state index contributed by atoms with van der Waals surface area (Å²) < 4.78 is 18.7. The molecule has 4 heterocycles. The van der Waals surface area contributed by atoms with Gasteiger partial charge in [-0.1, -0.05) is 23.7 Å². The largest absolute Gasteiger partial charge is 0.497 e. The van der Waals surface area contributed by atoms with Gasteiger partial charge in [0.2, 0.25) is 11.9 Å². The summed E-state index contributed by atoms with van der Waals surface area (Å²) in [5.74, 6) is 2.23. The first-order valence-electron chi connectivity index (χ1n) is 13.4. The van der Waals surface area contributed by atoms with E-state index in [-0.39, 0.29) is 42.7 Å². The van der Waals surface area contributed by atoms with E-state index in [2.05, 4.69) is 20.3 Å². The third-order valence-electron chi connectivity index (χ3n) is 7.08. The van der Waals surface area contributed by atoms with Crippen molar-refractivity contribution < 1.29 is 23.8 Å². The number of nitrogens with zero attached hydrogens (tertiary/aromatic N) is 6. The quantitative estimate of drug-likeness (QED) is 0.324. The lowest BCUT2D eigenvalue weighted by molar-refractivity contribution is -0.126. The maximum Gasteiger partial charge on any atom is 0.254 e. The van der Waals surface area contributed by atoms with E-state index in [0.29, 0.717) is 47.7 Å². The van der Waals surface area contributed by atoms with Crippen LogP contribution in [0.2, 0.25) is 5.15 Å². The fourth-order valence-corrected chi connectivity index (χ4v) is 5.08. The number of methoxy groups -OCH3 is 1. The van der Waals surface area contributed by atoms with Crippen molar-refractivity contribution in [3.8, 4) is 23.2 Å². The molecule has 2 aliphatic rings. The molecule has 1 saturated heterocycles. The lowest BCUT2D eigenvalue weighted by Crippen LogP contribution is -2.61. The molecule has 1 N–H and O–H groups in total. The Hall–Kier alpha value is -4.84. The molecule has 42 heavy (non-hydrogen) atoms. The van der Waals surface area contributed by atoms with Gasteiger partial charge in [-0.25, -0.2) is 9.97 Å². The van der Waals surface area contributed by atoms with Gasteiger partial charge in [-0.05, 0) is 36.4 Å². The first kappa shape index (κ1) is 27.3. The van der Waals surface area contributed by atoms with E-state index in [1.165, 1.54) is 0 Å². The van der Waals surface area contributed by atoms with Crippen molar-refractivity contribution in [1.29, 1.82) is 0 Å². The molecule has 0 aliphatic carbocycles. The predicted octanol–water partition coefficient (Wildman–Crippen LogP) is 2.61. The number of aromatic nitrogens is 4. The van der Waals surface area contributed by atoms with Crippen LogP contribution in [0.3, 0.4) is 0 Å². The number of hydrogen-bond acceptors (Lipinski definition) is 9. The molecule has 0 radical (unpaired) electrons. The number of carbonyl (C=O) groups is 2. The molecule has 6 rings (SSSR count). The highest BCUT2D eigenvalue weighted by atomic mass is 35.5.